The molecular formula is C10H5N5S. The molecule has 6 heteroatoms. The van der Waals surface area contributed by atoms with Crippen LogP contribution in [0.4, 0.5) is 5.69 Å². The van der Waals surface area contributed by atoms with Crippen molar-refractivity contribution in [2.75, 3.05) is 5.32 Å². The lowest BCUT2D eigenvalue weighted by molar-refractivity contribution is 1.44. The number of fused-ring (bicyclic) bond motifs is 1. The molecule has 0 spiro atoms. The molecule has 5 nitrogen and oxygen atoms in total. The average molecular weight is 227 g/mol. The SMILES string of the molecule is N#CC(C#N)=CNc1cccc2nsnc12. The lowest BCUT2D eigenvalue weighted by Gasteiger charge is -1.99. The standard InChI is InChI=1S/C10H5N5S/c11-4-7(5-12)6-13-8-2-1-3-9-10(8)15-16-14-9/h1-3,6,13H. The van der Waals surface area contributed by atoms with E-state index in [2.05, 4.69) is 14.1 Å². The first kappa shape index (κ1) is 10.1. The van der Waals surface area contributed by atoms with Crippen LogP contribution in [0, 0.1) is 22.7 Å². The zero-order valence-electron chi connectivity index (χ0n) is 8.01. The van der Waals surface area contributed by atoms with Gasteiger partial charge >= 0.3 is 0 Å². The molecule has 0 unspecified atom stereocenters. The molecule has 76 valence electrons. The normalized spacial score (nSPS) is 9.12. The number of hydrogen-bond acceptors (Lipinski definition) is 6. The summed E-state index contributed by atoms with van der Waals surface area (Å²) in [5.74, 6) is 0. The molecule has 0 amide bonds. The predicted octanol–water partition coefficient (Wildman–Crippen LogP) is 2.03. The summed E-state index contributed by atoms with van der Waals surface area (Å²) < 4.78 is 8.21. The number of allylic oxidation sites excluding steroid dienone is 1. The topological polar surface area (TPSA) is 85.4 Å². The molecule has 1 N–H and O–H groups in total. The van der Waals surface area contributed by atoms with Crippen LogP contribution in [0.3, 0.4) is 0 Å². The van der Waals surface area contributed by atoms with Crippen molar-refractivity contribution in [3.63, 3.8) is 0 Å². The van der Waals surface area contributed by atoms with Gasteiger partial charge in [0.2, 0.25) is 0 Å². The Morgan fingerprint density at radius 1 is 1.31 bits per heavy atom. The van der Waals surface area contributed by atoms with E-state index in [1.54, 1.807) is 12.1 Å². The van der Waals surface area contributed by atoms with Gasteiger partial charge in [0.15, 0.2) is 0 Å². The average Bonchev–Trinajstić information content (AvgIpc) is 2.79. The van der Waals surface area contributed by atoms with Gasteiger partial charge in [-0.25, -0.2) is 0 Å². The van der Waals surface area contributed by atoms with Crippen molar-refractivity contribution in [3.05, 3.63) is 30.0 Å². The maximum atomic E-state index is 8.57. The van der Waals surface area contributed by atoms with Gasteiger partial charge in [0.25, 0.3) is 0 Å². The molecule has 0 saturated carbocycles. The molecule has 0 bridgehead atoms. The zero-order valence-corrected chi connectivity index (χ0v) is 8.82. The lowest BCUT2D eigenvalue weighted by Crippen LogP contribution is -1.90. The van der Waals surface area contributed by atoms with Gasteiger partial charge in [0.05, 0.1) is 17.4 Å². The Bertz CT molecular complexity index is 612. The largest absolute Gasteiger partial charge is 0.358 e. The number of anilines is 1. The summed E-state index contributed by atoms with van der Waals surface area (Å²) >= 11 is 1.12. The predicted molar refractivity (Wildman–Crippen MR) is 60.3 cm³/mol. The van der Waals surface area contributed by atoms with Gasteiger partial charge in [-0.2, -0.15) is 19.3 Å². The first-order chi connectivity index (χ1) is 7.85. The highest BCUT2D eigenvalue weighted by Gasteiger charge is 2.03. The Morgan fingerprint density at radius 3 is 2.88 bits per heavy atom. The van der Waals surface area contributed by atoms with Gasteiger partial charge in [-0.1, -0.05) is 6.07 Å². The van der Waals surface area contributed by atoms with Crippen LogP contribution >= 0.6 is 11.7 Å². The third kappa shape index (κ3) is 1.83. The Balaban J connectivity index is 2.36. The van der Waals surface area contributed by atoms with E-state index in [0.29, 0.717) is 0 Å². The third-order valence-corrected chi connectivity index (χ3v) is 2.44. The van der Waals surface area contributed by atoms with Crippen molar-refractivity contribution in [1.82, 2.24) is 8.75 Å². The maximum absolute atomic E-state index is 8.57. The van der Waals surface area contributed by atoms with Crippen molar-refractivity contribution < 1.29 is 0 Å². The summed E-state index contributed by atoms with van der Waals surface area (Å²) in [5.41, 5.74) is 2.27. The van der Waals surface area contributed by atoms with Gasteiger partial charge < -0.3 is 5.32 Å². The monoisotopic (exact) mass is 227 g/mol. The molecule has 0 aliphatic rings. The fourth-order valence-electron chi connectivity index (χ4n) is 1.16. The van der Waals surface area contributed by atoms with Crippen molar-refractivity contribution in [2.45, 2.75) is 0 Å². The number of benzene rings is 1. The second-order valence-electron chi connectivity index (χ2n) is 2.86. The molecule has 1 aromatic heterocycles. The Labute approximate surface area is 95.6 Å². The molecule has 16 heavy (non-hydrogen) atoms. The van der Waals surface area contributed by atoms with E-state index >= 15 is 0 Å². The van der Waals surface area contributed by atoms with Crippen LogP contribution in [0.1, 0.15) is 0 Å². The van der Waals surface area contributed by atoms with Gasteiger partial charge in [0.1, 0.15) is 28.7 Å². The van der Waals surface area contributed by atoms with Crippen LogP contribution in [-0.4, -0.2) is 8.75 Å². The van der Waals surface area contributed by atoms with Crippen molar-refractivity contribution in [1.29, 1.82) is 10.5 Å². The summed E-state index contributed by atoms with van der Waals surface area (Å²) in [4.78, 5) is 0. The molecule has 1 heterocycles. The van der Waals surface area contributed by atoms with Gasteiger partial charge in [0, 0.05) is 6.20 Å². The van der Waals surface area contributed by atoms with Gasteiger partial charge in [-0.3, -0.25) is 0 Å². The molecule has 0 saturated heterocycles. The highest BCUT2D eigenvalue weighted by Crippen LogP contribution is 2.21. The summed E-state index contributed by atoms with van der Waals surface area (Å²) in [6, 6.07) is 9.03. The lowest BCUT2D eigenvalue weighted by atomic mass is 10.2. The van der Waals surface area contributed by atoms with Crippen LogP contribution in [0.2, 0.25) is 0 Å². The number of nitriles is 2. The minimum absolute atomic E-state index is 0.0141. The number of nitrogens with one attached hydrogen (secondary N) is 1. The molecular weight excluding hydrogens is 222 g/mol. The highest BCUT2D eigenvalue weighted by atomic mass is 32.1. The molecule has 1 aromatic carbocycles. The minimum atomic E-state index is 0.0141. The number of nitrogens with zero attached hydrogens (tertiary/aromatic N) is 4. The van der Waals surface area contributed by atoms with E-state index in [0.717, 1.165) is 28.4 Å². The molecule has 2 aromatic rings. The van der Waals surface area contributed by atoms with E-state index in [4.69, 9.17) is 10.5 Å². The van der Waals surface area contributed by atoms with Crippen LogP contribution in [0.5, 0.6) is 0 Å². The van der Waals surface area contributed by atoms with Crippen LogP contribution < -0.4 is 5.32 Å². The number of aromatic nitrogens is 2. The first-order valence-corrected chi connectivity index (χ1v) is 5.06. The maximum Gasteiger partial charge on any atom is 0.145 e. The van der Waals surface area contributed by atoms with Crippen LogP contribution in [0.25, 0.3) is 11.0 Å². The van der Waals surface area contributed by atoms with E-state index in [-0.39, 0.29) is 5.57 Å². The third-order valence-electron chi connectivity index (χ3n) is 1.90. The highest BCUT2D eigenvalue weighted by molar-refractivity contribution is 7.00. The Morgan fingerprint density at radius 2 is 2.12 bits per heavy atom. The van der Waals surface area contributed by atoms with Crippen molar-refractivity contribution in [2.24, 2.45) is 0 Å². The summed E-state index contributed by atoms with van der Waals surface area (Å²) in [7, 11) is 0. The summed E-state index contributed by atoms with van der Waals surface area (Å²) in [5, 5.41) is 20.0. The summed E-state index contributed by atoms with van der Waals surface area (Å²) in [6.07, 6.45) is 1.36. The van der Waals surface area contributed by atoms with Crippen LogP contribution in [0.15, 0.2) is 30.0 Å². The van der Waals surface area contributed by atoms with E-state index < -0.39 is 0 Å². The number of hydrogen-bond donors (Lipinski definition) is 1. The van der Waals surface area contributed by atoms with Crippen molar-refractivity contribution >= 4 is 28.4 Å². The fraction of sp³-hybridized carbons (Fsp3) is 0. The smallest absolute Gasteiger partial charge is 0.145 e. The fourth-order valence-corrected chi connectivity index (χ4v) is 1.71. The Hall–Kier alpha value is -2.44. The van der Waals surface area contributed by atoms with E-state index in [1.807, 2.05) is 18.2 Å². The van der Waals surface area contributed by atoms with Crippen LogP contribution in [-0.2, 0) is 0 Å². The first-order valence-electron chi connectivity index (χ1n) is 4.33. The Kier molecular flexibility index (Phi) is 2.77. The molecule has 0 aliphatic heterocycles. The van der Waals surface area contributed by atoms with Gasteiger partial charge in [-0.05, 0) is 12.1 Å². The molecule has 2 rings (SSSR count). The van der Waals surface area contributed by atoms with Gasteiger partial charge in [-0.15, -0.1) is 0 Å². The molecule has 0 atom stereocenters. The minimum Gasteiger partial charge on any atom is -0.358 e. The second-order valence-corrected chi connectivity index (χ2v) is 3.39. The quantitative estimate of drug-likeness (QED) is 0.793. The van der Waals surface area contributed by atoms with E-state index in [1.165, 1.54) is 6.20 Å². The van der Waals surface area contributed by atoms with E-state index in [9.17, 15) is 0 Å². The zero-order chi connectivity index (χ0) is 11.4. The molecule has 0 fully saturated rings. The van der Waals surface area contributed by atoms with Crippen molar-refractivity contribution in [3.8, 4) is 12.1 Å². The molecule has 0 radical (unpaired) electrons. The summed E-state index contributed by atoms with van der Waals surface area (Å²) in [6.45, 7) is 0. The second kappa shape index (κ2) is 4.39. The number of rotatable bonds is 2. The molecule has 0 aliphatic carbocycles.